The second-order valence-electron chi connectivity index (χ2n) is 12.9. The number of nitriles is 1. The summed E-state index contributed by atoms with van der Waals surface area (Å²) in [6.07, 6.45) is 6.39. The van der Waals surface area contributed by atoms with Gasteiger partial charge in [0, 0.05) is 39.2 Å². The predicted octanol–water partition coefficient (Wildman–Crippen LogP) is 7.53. The number of pyridine rings is 3. The van der Waals surface area contributed by atoms with E-state index in [9.17, 15) is 9.59 Å². The van der Waals surface area contributed by atoms with Gasteiger partial charge in [-0.3, -0.25) is 9.59 Å². The summed E-state index contributed by atoms with van der Waals surface area (Å²) in [5, 5.41) is 18.0. The van der Waals surface area contributed by atoms with Gasteiger partial charge in [-0.25, -0.2) is 24.0 Å². The summed E-state index contributed by atoms with van der Waals surface area (Å²) in [7, 11) is 0. The van der Waals surface area contributed by atoms with Crippen molar-refractivity contribution in [3.63, 3.8) is 0 Å². The molecule has 11 heteroatoms. The van der Waals surface area contributed by atoms with Gasteiger partial charge >= 0.3 is 0 Å². The molecule has 51 heavy (non-hydrogen) atoms. The van der Waals surface area contributed by atoms with Crippen molar-refractivity contribution in [2.75, 3.05) is 0 Å². The van der Waals surface area contributed by atoms with Gasteiger partial charge < -0.3 is 0 Å². The Morgan fingerprint density at radius 3 is 1.57 bits per heavy atom. The van der Waals surface area contributed by atoms with Crippen LogP contribution in [-0.4, -0.2) is 45.7 Å². The van der Waals surface area contributed by atoms with Crippen LogP contribution < -0.4 is 0 Å². The average Bonchev–Trinajstić information content (AvgIpc) is 4.10. The lowest BCUT2D eigenvalue weighted by Crippen LogP contribution is -2.06. The number of hydrogen-bond donors (Lipinski definition) is 0. The van der Waals surface area contributed by atoms with Crippen LogP contribution in [-0.2, 0) is 22.4 Å². The number of benzene rings is 2. The quantitative estimate of drug-likeness (QED) is 0.149. The molecule has 0 atom stereocenters. The molecule has 2 fully saturated rings. The van der Waals surface area contributed by atoms with Gasteiger partial charge in [0.25, 0.3) is 0 Å². The Labute approximate surface area is 302 Å². The van der Waals surface area contributed by atoms with Gasteiger partial charge in [-0.05, 0) is 79.8 Å². The van der Waals surface area contributed by atoms with Crippen LogP contribution in [0.1, 0.15) is 43.0 Å². The zero-order chi connectivity index (χ0) is 34.9. The Morgan fingerprint density at radius 1 is 0.647 bits per heavy atom. The van der Waals surface area contributed by atoms with Crippen molar-refractivity contribution in [1.82, 2.24) is 34.2 Å². The lowest BCUT2D eigenvalue weighted by atomic mass is 10.0. The van der Waals surface area contributed by atoms with E-state index in [1.165, 1.54) is 0 Å². The minimum absolute atomic E-state index is 0.213. The van der Waals surface area contributed by atoms with E-state index in [2.05, 4.69) is 41.1 Å². The summed E-state index contributed by atoms with van der Waals surface area (Å²) in [5.74, 6) is 2.16. The number of ketones is 2. The highest BCUT2D eigenvalue weighted by molar-refractivity contribution is 9.10. The summed E-state index contributed by atoms with van der Waals surface area (Å²) in [5.41, 5.74) is 7.86. The van der Waals surface area contributed by atoms with Crippen molar-refractivity contribution in [3.05, 3.63) is 125 Å². The zero-order valence-corrected chi connectivity index (χ0v) is 29.1. The molecule has 5 heterocycles. The van der Waals surface area contributed by atoms with Crippen molar-refractivity contribution in [2.45, 2.75) is 38.5 Å². The Morgan fingerprint density at radius 2 is 1.12 bits per heavy atom. The molecule has 7 aromatic rings. The molecule has 2 aliphatic carbocycles. The van der Waals surface area contributed by atoms with E-state index in [1.807, 2.05) is 102 Å². The standard InChI is InChI=1S/C23H17N5O.C17H14BrN3O/c24-13-19-11-10-18(14-25-19)15-4-6-16(7-5-15)20-2-1-3-23-26-22(27-28(20)23)12-21(29)17-8-9-17;18-13-8-6-11(7-9-13)14-2-1-3-17-19-16(20-21(14)17)10-15(22)12-4-5-12/h1-7,10-11,14,17H,8-9,12H2;1-3,6-9,12H,4-5,10H2. The van der Waals surface area contributed by atoms with E-state index < -0.39 is 0 Å². The molecule has 2 saturated carbocycles. The van der Waals surface area contributed by atoms with E-state index >= 15 is 0 Å². The van der Waals surface area contributed by atoms with E-state index in [1.54, 1.807) is 16.8 Å². The first kappa shape index (κ1) is 32.4. The van der Waals surface area contributed by atoms with Gasteiger partial charge in [0.15, 0.2) is 22.9 Å². The molecule has 0 spiro atoms. The van der Waals surface area contributed by atoms with Crippen LogP contribution in [0.4, 0.5) is 0 Å². The topological polar surface area (TPSA) is 131 Å². The fourth-order valence-electron chi connectivity index (χ4n) is 5.98. The van der Waals surface area contributed by atoms with E-state index in [4.69, 9.17) is 5.26 Å². The second-order valence-corrected chi connectivity index (χ2v) is 13.8. The largest absolute Gasteiger partial charge is 0.299 e. The van der Waals surface area contributed by atoms with E-state index in [-0.39, 0.29) is 23.4 Å². The monoisotopic (exact) mass is 734 g/mol. The predicted molar refractivity (Wildman–Crippen MR) is 195 cm³/mol. The third-order valence-corrected chi connectivity index (χ3v) is 9.60. The normalized spacial score (nSPS) is 13.8. The smallest absolute Gasteiger partial charge is 0.159 e. The van der Waals surface area contributed by atoms with E-state index in [0.717, 1.165) is 75.1 Å². The summed E-state index contributed by atoms with van der Waals surface area (Å²) in [6.45, 7) is 0. The fourth-order valence-corrected chi connectivity index (χ4v) is 6.25. The Kier molecular flexibility index (Phi) is 8.76. The van der Waals surface area contributed by atoms with Crippen molar-refractivity contribution < 1.29 is 9.59 Å². The van der Waals surface area contributed by atoms with Gasteiger partial charge in [0.2, 0.25) is 0 Å². The summed E-state index contributed by atoms with van der Waals surface area (Å²) < 4.78 is 4.66. The number of carbonyl (C=O) groups is 2. The van der Waals surface area contributed by atoms with Gasteiger partial charge in [0.05, 0.1) is 24.2 Å². The first-order valence-electron chi connectivity index (χ1n) is 16.9. The first-order chi connectivity index (χ1) is 24.9. The number of carbonyl (C=O) groups excluding carboxylic acids is 2. The molecule has 0 aliphatic heterocycles. The Bertz CT molecular complexity index is 2440. The average molecular weight is 736 g/mol. The minimum atomic E-state index is 0.213. The summed E-state index contributed by atoms with van der Waals surface area (Å²) in [4.78, 5) is 37.2. The Hall–Kier alpha value is -5.86. The van der Waals surface area contributed by atoms with Gasteiger partial charge in [0.1, 0.15) is 23.3 Å². The number of hydrogen-bond acceptors (Lipinski definition) is 8. The lowest BCUT2D eigenvalue weighted by molar-refractivity contribution is -0.120. The van der Waals surface area contributed by atoms with Crippen LogP contribution in [0, 0.1) is 23.2 Å². The van der Waals surface area contributed by atoms with Gasteiger partial charge in [-0.1, -0.05) is 64.5 Å². The van der Waals surface area contributed by atoms with Gasteiger partial charge in [-0.2, -0.15) is 15.5 Å². The van der Waals surface area contributed by atoms with Crippen LogP contribution in [0.15, 0.2) is 108 Å². The van der Waals surface area contributed by atoms with Crippen molar-refractivity contribution in [3.8, 4) is 39.7 Å². The number of halogens is 1. The SMILES string of the molecule is N#Cc1ccc(-c2ccc(-c3cccc4nc(CC(=O)C5CC5)nn34)cc2)cn1.O=C(Cc1nc2cccc(-c3ccc(Br)cc3)n2n1)C1CC1. The number of aromatic nitrogens is 7. The highest BCUT2D eigenvalue weighted by atomic mass is 79.9. The van der Waals surface area contributed by atoms with Crippen LogP contribution >= 0.6 is 15.9 Å². The number of nitrogens with zero attached hydrogens (tertiary/aromatic N) is 8. The van der Waals surface area contributed by atoms with Crippen molar-refractivity contribution in [1.29, 1.82) is 5.26 Å². The number of Topliss-reactive ketones (excluding diaryl/α,β-unsaturated/α-hetero) is 2. The molecular formula is C40H31BrN8O2. The third kappa shape index (κ3) is 7.23. The molecule has 0 N–H and O–H groups in total. The van der Waals surface area contributed by atoms with Crippen LogP contribution in [0.2, 0.25) is 0 Å². The summed E-state index contributed by atoms with van der Waals surface area (Å²) in [6, 6.07) is 33.5. The molecule has 0 saturated heterocycles. The molecule has 2 aromatic carbocycles. The van der Waals surface area contributed by atoms with Crippen LogP contribution in [0.3, 0.4) is 0 Å². The molecule has 9 rings (SSSR count). The first-order valence-corrected chi connectivity index (χ1v) is 17.7. The van der Waals surface area contributed by atoms with Crippen LogP contribution in [0.5, 0.6) is 0 Å². The molecule has 5 aromatic heterocycles. The molecular weight excluding hydrogens is 704 g/mol. The number of fused-ring (bicyclic) bond motifs is 2. The fraction of sp³-hybridized carbons (Fsp3) is 0.200. The van der Waals surface area contributed by atoms with Crippen molar-refractivity contribution >= 4 is 38.8 Å². The highest BCUT2D eigenvalue weighted by Crippen LogP contribution is 2.32. The molecule has 0 bridgehead atoms. The Balaban J connectivity index is 0.000000152. The van der Waals surface area contributed by atoms with Crippen LogP contribution in [0.25, 0.3) is 44.9 Å². The lowest BCUT2D eigenvalue weighted by Gasteiger charge is -2.06. The summed E-state index contributed by atoms with van der Waals surface area (Å²) >= 11 is 3.45. The molecule has 2 aliphatic rings. The van der Waals surface area contributed by atoms with Gasteiger partial charge in [-0.15, -0.1) is 0 Å². The molecule has 0 unspecified atom stereocenters. The third-order valence-electron chi connectivity index (χ3n) is 9.07. The highest BCUT2D eigenvalue weighted by Gasteiger charge is 2.31. The maximum Gasteiger partial charge on any atom is 0.159 e. The molecule has 0 radical (unpaired) electrons. The molecule has 250 valence electrons. The molecule has 10 nitrogen and oxygen atoms in total. The maximum absolute atomic E-state index is 12.1. The number of rotatable bonds is 9. The maximum atomic E-state index is 12.1. The molecule has 0 amide bonds. The minimum Gasteiger partial charge on any atom is -0.299 e. The van der Waals surface area contributed by atoms with Crippen molar-refractivity contribution in [2.24, 2.45) is 11.8 Å². The van der Waals surface area contributed by atoms with E-state index in [0.29, 0.717) is 30.2 Å². The second kappa shape index (κ2) is 13.8. The zero-order valence-electron chi connectivity index (χ0n) is 27.5.